The van der Waals surface area contributed by atoms with E-state index in [4.69, 9.17) is 5.11 Å². The number of para-hydroxylation sites is 1. The molecule has 4 nitrogen and oxygen atoms in total. The fraction of sp³-hybridized carbons (Fsp3) is 0.333. The summed E-state index contributed by atoms with van der Waals surface area (Å²) < 4.78 is 0. The Morgan fingerprint density at radius 1 is 1.32 bits per heavy atom. The zero-order valence-corrected chi connectivity index (χ0v) is 11.2. The standard InChI is InChI=1S/C15H18N2O2/c1-11(2)17(10-15(18)19)9-12-7-8-16-14-6-4-3-5-13(12)14/h3-8,11H,9-10H2,1-2H3,(H,18,19). The molecule has 0 radical (unpaired) electrons. The molecule has 100 valence electrons. The van der Waals surface area contributed by atoms with Gasteiger partial charge in [-0.25, -0.2) is 0 Å². The number of hydrogen-bond acceptors (Lipinski definition) is 3. The van der Waals surface area contributed by atoms with Crippen LogP contribution in [0.5, 0.6) is 0 Å². The van der Waals surface area contributed by atoms with Gasteiger partial charge in [-0.3, -0.25) is 14.7 Å². The fourth-order valence-corrected chi connectivity index (χ4v) is 2.11. The summed E-state index contributed by atoms with van der Waals surface area (Å²) in [5.41, 5.74) is 2.06. The van der Waals surface area contributed by atoms with Crippen molar-refractivity contribution in [1.82, 2.24) is 9.88 Å². The summed E-state index contributed by atoms with van der Waals surface area (Å²) >= 11 is 0. The average Bonchev–Trinajstić information content (AvgIpc) is 2.37. The Morgan fingerprint density at radius 2 is 2.05 bits per heavy atom. The van der Waals surface area contributed by atoms with Gasteiger partial charge in [0, 0.05) is 24.2 Å². The summed E-state index contributed by atoms with van der Waals surface area (Å²) in [5.74, 6) is -0.799. The molecule has 1 N–H and O–H groups in total. The molecule has 19 heavy (non-hydrogen) atoms. The van der Waals surface area contributed by atoms with Crippen molar-refractivity contribution in [3.8, 4) is 0 Å². The molecule has 2 rings (SSSR count). The Bertz CT molecular complexity index is 576. The number of benzene rings is 1. The number of aliphatic carboxylic acids is 1. The van der Waals surface area contributed by atoms with E-state index in [1.54, 1.807) is 6.20 Å². The van der Waals surface area contributed by atoms with Crippen LogP contribution in [0.25, 0.3) is 10.9 Å². The Morgan fingerprint density at radius 3 is 2.74 bits per heavy atom. The van der Waals surface area contributed by atoms with E-state index in [2.05, 4.69) is 4.98 Å². The maximum Gasteiger partial charge on any atom is 0.317 e. The molecule has 0 atom stereocenters. The van der Waals surface area contributed by atoms with E-state index in [1.807, 2.05) is 49.1 Å². The normalized spacial score (nSPS) is 11.4. The average molecular weight is 258 g/mol. The third-order valence-electron chi connectivity index (χ3n) is 3.18. The smallest absolute Gasteiger partial charge is 0.317 e. The lowest BCUT2D eigenvalue weighted by Gasteiger charge is -2.25. The molecule has 0 bridgehead atoms. The van der Waals surface area contributed by atoms with E-state index in [1.165, 1.54) is 0 Å². The maximum absolute atomic E-state index is 10.9. The van der Waals surface area contributed by atoms with Gasteiger partial charge in [-0.15, -0.1) is 0 Å². The van der Waals surface area contributed by atoms with Crippen LogP contribution in [-0.4, -0.2) is 33.5 Å². The number of rotatable bonds is 5. The lowest BCUT2D eigenvalue weighted by atomic mass is 10.1. The lowest BCUT2D eigenvalue weighted by molar-refractivity contribution is -0.138. The molecule has 0 amide bonds. The molecule has 0 fully saturated rings. The Hall–Kier alpha value is -1.94. The summed E-state index contributed by atoms with van der Waals surface area (Å²) in [6.45, 7) is 4.68. The first kappa shape index (κ1) is 13.5. The largest absolute Gasteiger partial charge is 0.480 e. The second-order valence-electron chi connectivity index (χ2n) is 4.88. The van der Waals surface area contributed by atoms with Crippen LogP contribution in [0, 0.1) is 0 Å². The van der Waals surface area contributed by atoms with E-state index in [9.17, 15) is 4.79 Å². The van der Waals surface area contributed by atoms with Crippen molar-refractivity contribution in [2.24, 2.45) is 0 Å². The molecule has 0 spiro atoms. The molecule has 2 aromatic rings. The quantitative estimate of drug-likeness (QED) is 0.895. The molecule has 0 saturated carbocycles. The summed E-state index contributed by atoms with van der Waals surface area (Å²) in [4.78, 5) is 17.2. The van der Waals surface area contributed by atoms with E-state index >= 15 is 0 Å². The van der Waals surface area contributed by atoms with Crippen molar-refractivity contribution >= 4 is 16.9 Å². The second-order valence-corrected chi connectivity index (χ2v) is 4.88. The zero-order chi connectivity index (χ0) is 13.8. The van der Waals surface area contributed by atoms with Crippen molar-refractivity contribution in [1.29, 1.82) is 0 Å². The number of pyridine rings is 1. The van der Waals surface area contributed by atoms with Crippen molar-refractivity contribution in [3.63, 3.8) is 0 Å². The monoisotopic (exact) mass is 258 g/mol. The fourth-order valence-electron chi connectivity index (χ4n) is 2.11. The first-order chi connectivity index (χ1) is 9.08. The molecule has 0 unspecified atom stereocenters. The Labute approximate surface area is 112 Å². The van der Waals surface area contributed by atoms with Gasteiger partial charge < -0.3 is 5.11 Å². The minimum Gasteiger partial charge on any atom is -0.480 e. The number of aromatic nitrogens is 1. The summed E-state index contributed by atoms with van der Waals surface area (Å²) in [6.07, 6.45) is 1.77. The Kier molecular flexibility index (Phi) is 4.12. The van der Waals surface area contributed by atoms with Gasteiger partial charge in [-0.05, 0) is 31.5 Å². The van der Waals surface area contributed by atoms with Gasteiger partial charge in [0.05, 0.1) is 12.1 Å². The molecule has 0 aliphatic heterocycles. The van der Waals surface area contributed by atoms with Gasteiger partial charge in [-0.1, -0.05) is 18.2 Å². The third-order valence-corrected chi connectivity index (χ3v) is 3.18. The molecule has 1 aromatic heterocycles. The van der Waals surface area contributed by atoms with Gasteiger partial charge >= 0.3 is 5.97 Å². The van der Waals surface area contributed by atoms with Crippen LogP contribution in [0.3, 0.4) is 0 Å². The van der Waals surface area contributed by atoms with Crippen molar-refractivity contribution < 1.29 is 9.90 Å². The van der Waals surface area contributed by atoms with E-state index in [-0.39, 0.29) is 12.6 Å². The number of carboxylic acids is 1. The molecule has 0 saturated heterocycles. The molecule has 4 heteroatoms. The predicted octanol–water partition coefficient (Wildman–Crippen LogP) is 2.53. The molecular weight excluding hydrogens is 240 g/mol. The van der Waals surface area contributed by atoms with Crippen molar-refractivity contribution in [3.05, 3.63) is 42.1 Å². The Balaban J connectivity index is 2.31. The summed E-state index contributed by atoms with van der Waals surface area (Å²) in [7, 11) is 0. The predicted molar refractivity (Wildman–Crippen MR) is 74.9 cm³/mol. The van der Waals surface area contributed by atoms with E-state index in [0.717, 1.165) is 16.5 Å². The second kappa shape index (κ2) is 5.80. The summed E-state index contributed by atoms with van der Waals surface area (Å²) in [5, 5.41) is 10.1. The van der Waals surface area contributed by atoms with Gasteiger partial charge in [0.2, 0.25) is 0 Å². The molecule has 1 heterocycles. The van der Waals surface area contributed by atoms with Gasteiger partial charge in [-0.2, -0.15) is 0 Å². The number of hydrogen-bond donors (Lipinski definition) is 1. The highest BCUT2D eigenvalue weighted by molar-refractivity contribution is 5.81. The third kappa shape index (κ3) is 3.29. The van der Waals surface area contributed by atoms with Crippen LogP contribution >= 0.6 is 0 Å². The van der Waals surface area contributed by atoms with Crippen LogP contribution in [0.1, 0.15) is 19.4 Å². The number of carbonyl (C=O) groups is 1. The van der Waals surface area contributed by atoms with Gasteiger partial charge in [0.1, 0.15) is 0 Å². The van der Waals surface area contributed by atoms with Gasteiger partial charge in [0.15, 0.2) is 0 Å². The maximum atomic E-state index is 10.9. The van der Waals surface area contributed by atoms with Gasteiger partial charge in [0.25, 0.3) is 0 Å². The van der Waals surface area contributed by atoms with Crippen LogP contribution in [0.2, 0.25) is 0 Å². The topological polar surface area (TPSA) is 53.4 Å². The first-order valence-electron chi connectivity index (χ1n) is 6.36. The SMILES string of the molecule is CC(C)N(CC(=O)O)Cc1ccnc2ccccc12. The highest BCUT2D eigenvalue weighted by atomic mass is 16.4. The minimum atomic E-state index is -0.799. The first-order valence-corrected chi connectivity index (χ1v) is 6.36. The van der Waals surface area contributed by atoms with Crippen molar-refractivity contribution in [2.45, 2.75) is 26.4 Å². The molecular formula is C15H18N2O2. The highest BCUT2D eigenvalue weighted by Gasteiger charge is 2.15. The zero-order valence-electron chi connectivity index (χ0n) is 11.2. The lowest BCUT2D eigenvalue weighted by Crippen LogP contribution is -2.35. The van der Waals surface area contributed by atoms with Crippen LogP contribution in [-0.2, 0) is 11.3 Å². The molecule has 1 aromatic carbocycles. The van der Waals surface area contributed by atoms with E-state index < -0.39 is 5.97 Å². The van der Waals surface area contributed by atoms with Crippen LogP contribution in [0.4, 0.5) is 0 Å². The number of fused-ring (bicyclic) bond motifs is 1. The van der Waals surface area contributed by atoms with E-state index in [0.29, 0.717) is 6.54 Å². The van der Waals surface area contributed by atoms with Crippen LogP contribution < -0.4 is 0 Å². The van der Waals surface area contributed by atoms with Crippen molar-refractivity contribution in [2.75, 3.05) is 6.54 Å². The van der Waals surface area contributed by atoms with Crippen LogP contribution in [0.15, 0.2) is 36.5 Å². The highest BCUT2D eigenvalue weighted by Crippen LogP contribution is 2.18. The minimum absolute atomic E-state index is 0.0499. The number of carboxylic acid groups (broad SMARTS) is 1. The number of nitrogens with zero attached hydrogens (tertiary/aromatic N) is 2. The molecule has 0 aliphatic carbocycles. The summed E-state index contributed by atoms with van der Waals surface area (Å²) in [6, 6.07) is 10.1. The molecule has 0 aliphatic rings.